The van der Waals surface area contributed by atoms with Gasteiger partial charge in [-0.1, -0.05) is 152 Å². The molecule has 0 fully saturated rings. The van der Waals surface area contributed by atoms with Gasteiger partial charge in [-0.2, -0.15) is 0 Å². The van der Waals surface area contributed by atoms with Crippen molar-refractivity contribution in [1.82, 2.24) is 0 Å². The topological polar surface area (TPSA) is 16.4 Å². The van der Waals surface area contributed by atoms with E-state index in [0.717, 1.165) is 44.6 Å². The van der Waals surface area contributed by atoms with Gasteiger partial charge in [-0.05, 0) is 87.1 Å². The predicted molar refractivity (Wildman–Crippen MR) is 235 cm³/mol. The number of furan rings is 1. The highest BCUT2D eigenvalue weighted by Crippen LogP contribution is 2.48. The van der Waals surface area contributed by atoms with E-state index in [1.54, 1.807) is 0 Å². The van der Waals surface area contributed by atoms with Crippen molar-refractivity contribution in [3.63, 3.8) is 0 Å². The van der Waals surface area contributed by atoms with E-state index >= 15 is 0 Å². The molecule has 11 rings (SSSR count). The van der Waals surface area contributed by atoms with Gasteiger partial charge >= 0.3 is 0 Å². The molecule has 0 aliphatic heterocycles. The summed E-state index contributed by atoms with van der Waals surface area (Å²) in [7, 11) is 0. The van der Waals surface area contributed by atoms with Gasteiger partial charge in [0.1, 0.15) is 5.58 Å². The summed E-state index contributed by atoms with van der Waals surface area (Å²) in [6.45, 7) is 0. The molecule has 0 N–H and O–H groups in total. The van der Waals surface area contributed by atoms with Crippen molar-refractivity contribution in [3.8, 4) is 33.4 Å². The lowest BCUT2D eigenvalue weighted by Crippen LogP contribution is -2.11. The van der Waals surface area contributed by atoms with Crippen molar-refractivity contribution < 1.29 is 4.42 Å². The van der Waals surface area contributed by atoms with Gasteiger partial charge < -0.3 is 9.32 Å². The van der Waals surface area contributed by atoms with Crippen LogP contribution in [0, 0.1) is 0 Å². The van der Waals surface area contributed by atoms with Crippen LogP contribution in [0.1, 0.15) is 0 Å². The Morgan fingerprint density at radius 1 is 0.382 bits per heavy atom. The molecule has 9 aromatic carbocycles. The van der Waals surface area contributed by atoms with Crippen LogP contribution in [-0.4, -0.2) is 0 Å². The molecule has 0 saturated carbocycles. The molecular formula is C52H33NOS. The molecule has 2 heterocycles. The van der Waals surface area contributed by atoms with Crippen molar-refractivity contribution in [2.45, 2.75) is 0 Å². The van der Waals surface area contributed by atoms with E-state index < -0.39 is 0 Å². The van der Waals surface area contributed by atoms with Gasteiger partial charge in [-0.15, -0.1) is 11.3 Å². The molecule has 0 bridgehead atoms. The van der Waals surface area contributed by atoms with Crippen molar-refractivity contribution in [1.29, 1.82) is 0 Å². The first-order valence-corrected chi connectivity index (χ1v) is 19.5. The van der Waals surface area contributed by atoms with E-state index in [1.807, 2.05) is 17.4 Å². The number of nitrogens with zero attached hydrogens (tertiary/aromatic N) is 1. The smallest absolute Gasteiger partial charge is 0.159 e. The molecule has 2 nitrogen and oxygen atoms in total. The third-order valence-electron chi connectivity index (χ3n) is 10.9. The van der Waals surface area contributed by atoms with Crippen molar-refractivity contribution in [3.05, 3.63) is 200 Å². The number of hydrogen-bond acceptors (Lipinski definition) is 3. The molecular weight excluding hydrogens is 687 g/mol. The monoisotopic (exact) mass is 719 g/mol. The summed E-state index contributed by atoms with van der Waals surface area (Å²) >= 11 is 1.85. The maximum absolute atomic E-state index is 6.69. The molecule has 0 spiro atoms. The minimum absolute atomic E-state index is 0.867. The minimum Gasteiger partial charge on any atom is -0.454 e. The van der Waals surface area contributed by atoms with Crippen LogP contribution in [0.15, 0.2) is 205 Å². The molecule has 0 aliphatic carbocycles. The Hall–Kier alpha value is -6.94. The lowest BCUT2D eigenvalue weighted by Gasteiger charge is -2.28. The first-order chi connectivity index (χ1) is 27.3. The van der Waals surface area contributed by atoms with Crippen LogP contribution in [0.5, 0.6) is 0 Å². The molecule has 0 unspecified atom stereocenters. The summed E-state index contributed by atoms with van der Waals surface area (Å²) in [6, 6.07) is 72.1. The van der Waals surface area contributed by atoms with Gasteiger partial charge in [-0.25, -0.2) is 0 Å². The van der Waals surface area contributed by atoms with Crippen molar-refractivity contribution >= 4 is 81.3 Å². The normalized spacial score (nSPS) is 11.6. The zero-order valence-corrected chi connectivity index (χ0v) is 30.6. The summed E-state index contributed by atoms with van der Waals surface area (Å²) in [5, 5.41) is 7.31. The molecule has 3 heteroatoms. The Balaban J connectivity index is 1.05. The molecule has 0 atom stereocenters. The largest absolute Gasteiger partial charge is 0.454 e. The van der Waals surface area contributed by atoms with Crippen molar-refractivity contribution in [2.24, 2.45) is 0 Å². The number of anilines is 3. The highest BCUT2D eigenvalue weighted by molar-refractivity contribution is 7.25. The summed E-state index contributed by atoms with van der Waals surface area (Å²) in [6.07, 6.45) is 0. The van der Waals surface area contributed by atoms with Gasteiger partial charge in [-0.3, -0.25) is 0 Å². The molecule has 11 aromatic rings. The van der Waals surface area contributed by atoms with E-state index in [1.165, 1.54) is 58.8 Å². The molecule has 0 radical (unpaired) electrons. The first-order valence-electron chi connectivity index (χ1n) is 18.7. The minimum atomic E-state index is 0.867. The number of para-hydroxylation sites is 3. The van der Waals surface area contributed by atoms with Crippen LogP contribution in [0.3, 0.4) is 0 Å². The molecule has 258 valence electrons. The Labute approximate surface area is 322 Å². The van der Waals surface area contributed by atoms with E-state index in [4.69, 9.17) is 4.42 Å². The van der Waals surface area contributed by atoms with Crippen LogP contribution in [0.4, 0.5) is 17.1 Å². The van der Waals surface area contributed by atoms with Gasteiger partial charge in [0.15, 0.2) is 5.58 Å². The Kier molecular flexibility index (Phi) is 7.39. The second-order valence-electron chi connectivity index (χ2n) is 14.1. The SMILES string of the molecule is c1ccc(N(c2ccc(-c3ccc(-c4ccc5ccccc5c4)cc3)cc2)c2cccc3c2oc2ccccc23)c(-c2cccc3sc4ccccc4c23)c1. The van der Waals surface area contributed by atoms with Crippen molar-refractivity contribution in [2.75, 3.05) is 4.90 Å². The molecule has 0 saturated heterocycles. The maximum atomic E-state index is 6.69. The second kappa shape index (κ2) is 12.9. The quantitative estimate of drug-likeness (QED) is 0.170. The van der Waals surface area contributed by atoms with Gasteiger partial charge in [0.2, 0.25) is 0 Å². The summed E-state index contributed by atoms with van der Waals surface area (Å²) < 4.78 is 9.28. The van der Waals surface area contributed by atoms with Crippen LogP contribution >= 0.6 is 11.3 Å². The highest BCUT2D eigenvalue weighted by Gasteiger charge is 2.23. The maximum Gasteiger partial charge on any atom is 0.159 e. The Morgan fingerprint density at radius 2 is 0.964 bits per heavy atom. The standard InChI is InChI=1S/C52H33NOS/c1-2-12-38-33-39(28-27-34(38)11-1)37-25-23-35(24-26-37)36-29-31-40(32-30-36)53(47-19-9-17-44-42-14-4-7-20-48(42)54-52(44)47)46-18-6-3-13-41(46)43-16-10-22-50-51(43)45-15-5-8-21-49(45)55-50/h1-33H. The summed E-state index contributed by atoms with van der Waals surface area (Å²) in [5.74, 6) is 0. The molecule has 2 aromatic heterocycles. The Bertz CT molecular complexity index is 3210. The highest BCUT2D eigenvalue weighted by atomic mass is 32.1. The fourth-order valence-electron chi connectivity index (χ4n) is 8.24. The number of thiophene rings is 1. The summed E-state index contributed by atoms with van der Waals surface area (Å²) in [5.41, 5.74) is 12.1. The average Bonchev–Trinajstić information content (AvgIpc) is 3.83. The van der Waals surface area contributed by atoms with Gasteiger partial charge in [0.05, 0.1) is 11.4 Å². The lowest BCUT2D eigenvalue weighted by molar-refractivity contribution is 0.669. The van der Waals surface area contributed by atoms with Crippen LogP contribution in [0.2, 0.25) is 0 Å². The zero-order valence-electron chi connectivity index (χ0n) is 29.8. The Morgan fingerprint density at radius 3 is 1.82 bits per heavy atom. The summed E-state index contributed by atoms with van der Waals surface area (Å²) in [4.78, 5) is 2.38. The van der Waals surface area contributed by atoms with E-state index in [-0.39, 0.29) is 0 Å². The fraction of sp³-hybridized carbons (Fsp3) is 0. The van der Waals surface area contributed by atoms with Crippen LogP contribution in [0.25, 0.3) is 86.3 Å². The third-order valence-corrected chi connectivity index (χ3v) is 12.0. The van der Waals surface area contributed by atoms with Gasteiger partial charge in [0, 0.05) is 42.2 Å². The zero-order chi connectivity index (χ0) is 36.3. The molecule has 55 heavy (non-hydrogen) atoms. The molecule has 0 aliphatic rings. The molecule has 0 amide bonds. The third kappa shape index (κ3) is 5.32. The first kappa shape index (κ1) is 31.6. The number of rotatable bonds is 6. The van der Waals surface area contributed by atoms with Crippen LogP contribution in [-0.2, 0) is 0 Å². The van der Waals surface area contributed by atoms with Crippen LogP contribution < -0.4 is 4.90 Å². The number of benzene rings is 9. The number of fused-ring (bicyclic) bond motifs is 7. The van der Waals surface area contributed by atoms with E-state index in [0.29, 0.717) is 0 Å². The number of hydrogen-bond donors (Lipinski definition) is 0. The predicted octanol–water partition coefficient (Wildman–Crippen LogP) is 15.6. The van der Waals surface area contributed by atoms with E-state index in [9.17, 15) is 0 Å². The van der Waals surface area contributed by atoms with Gasteiger partial charge in [0.25, 0.3) is 0 Å². The second-order valence-corrected chi connectivity index (χ2v) is 15.2. The average molecular weight is 720 g/mol. The lowest BCUT2D eigenvalue weighted by atomic mass is 9.96. The fourth-order valence-corrected chi connectivity index (χ4v) is 9.37. The van der Waals surface area contributed by atoms with E-state index in [2.05, 4.69) is 199 Å².